The Morgan fingerprint density at radius 1 is 0.920 bits per heavy atom. The van der Waals surface area contributed by atoms with Gasteiger partial charge in [-0.3, -0.25) is 9.59 Å². The normalized spacial score (nSPS) is 17.3. The Morgan fingerprint density at radius 2 is 1.56 bits per heavy atom. The van der Waals surface area contributed by atoms with Crippen LogP contribution in [0.5, 0.6) is 0 Å². The number of nitrogens with zero attached hydrogens (tertiary/aromatic N) is 1. The molecule has 1 aliphatic heterocycles. The molecular weight excluding hydrogens is 310 g/mol. The minimum atomic E-state index is -0.00261. The fourth-order valence-electron chi connectivity index (χ4n) is 3.47. The lowest BCUT2D eigenvalue weighted by atomic mass is 9.90. The second kappa shape index (κ2) is 8.61. The van der Waals surface area contributed by atoms with Gasteiger partial charge in [0.25, 0.3) is 0 Å². The van der Waals surface area contributed by atoms with E-state index in [0.717, 1.165) is 31.4 Å². The minimum absolute atomic E-state index is 0.00261. The Morgan fingerprint density at radius 3 is 2.24 bits per heavy atom. The van der Waals surface area contributed by atoms with Gasteiger partial charge >= 0.3 is 0 Å². The minimum Gasteiger partial charge on any atom is -0.342 e. The lowest BCUT2D eigenvalue weighted by Gasteiger charge is -2.32. The van der Waals surface area contributed by atoms with Gasteiger partial charge < -0.3 is 4.90 Å². The van der Waals surface area contributed by atoms with Gasteiger partial charge in [-0.1, -0.05) is 60.7 Å². The molecule has 3 nitrogen and oxygen atoms in total. The average molecular weight is 335 g/mol. The summed E-state index contributed by atoms with van der Waals surface area (Å²) in [5, 5.41) is 0. The molecule has 3 rings (SSSR count). The number of likely N-dealkylation sites (tertiary alicyclic amines) is 1. The number of amides is 1. The molecule has 0 aromatic heterocycles. The van der Waals surface area contributed by atoms with E-state index in [-0.39, 0.29) is 11.8 Å². The van der Waals surface area contributed by atoms with Crippen LogP contribution in [0, 0.1) is 5.92 Å². The summed E-state index contributed by atoms with van der Waals surface area (Å²) in [6.45, 7) is 1.35. The molecule has 2 aromatic carbocycles. The highest BCUT2D eigenvalue weighted by atomic mass is 16.2. The van der Waals surface area contributed by atoms with Crippen LogP contribution in [0.3, 0.4) is 0 Å². The number of aryl methyl sites for hydroxylation is 1. The monoisotopic (exact) mass is 335 g/mol. The van der Waals surface area contributed by atoms with Crippen molar-refractivity contribution < 1.29 is 9.59 Å². The summed E-state index contributed by atoms with van der Waals surface area (Å²) in [5.41, 5.74) is 2.23. The Bertz CT molecular complexity index is 696. The third-order valence-corrected chi connectivity index (χ3v) is 4.93. The molecule has 25 heavy (non-hydrogen) atoms. The van der Waals surface area contributed by atoms with Crippen molar-refractivity contribution in [2.24, 2.45) is 5.92 Å². The molecule has 0 unspecified atom stereocenters. The summed E-state index contributed by atoms with van der Waals surface area (Å²) in [6.07, 6.45) is 3.60. The molecule has 0 bridgehead atoms. The third-order valence-electron chi connectivity index (χ3n) is 4.93. The van der Waals surface area contributed by atoms with Crippen molar-refractivity contribution in [3.05, 3.63) is 71.8 Å². The zero-order chi connectivity index (χ0) is 17.5. The van der Waals surface area contributed by atoms with E-state index in [1.807, 2.05) is 53.4 Å². The van der Waals surface area contributed by atoms with Crippen LogP contribution < -0.4 is 0 Å². The maximum atomic E-state index is 12.6. The fraction of sp³-hybridized carbons (Fsp3) is 0.364. The number of carbonyl (C=O) groups excluding carboxylic acids is 2. The predicted molar refractivity (Wildman–Crippen MR) is 99.2 cm³/mol. The molecule has 1 atom stereocenters. The van der Waals surface area contributed by atoms with Crippen LogP contribution in [0.1, 0.15) is 30.4 Å². The molecule has 1 amide bonds. The Hall–Kier alpha value is -2.42. The van der Waals surface area contributed by atoms with Crippen LogP contribution in [-0.2, 0) is 22.4 Å². The quantitative estimate of drug-likeness (QED) is 0.808. The number of hydrogen-bond acceptors (Lipinski definition) is 2. The van der Waals surface area contributed by atoms with E-state index in [4.69, 9.17) is 0 Å². The average Bonchev–Trinajstić information content (AvgIpc) is 2.68. The number of Topliss-reactive ketones (excluding diaryl/α,β-unsaturated/α-hetero) is 1. The standard InChI is InChI=1S/C22H25NO2/c24-21(14-13-18-8-3-1-4-9-18)20-12-7-15-23(17-20)22(25)16-19-10-5-2-6-11-19/h1-6,8-11,20H,7,12-17H2/t20-/m0/s1. The van der Waals surface area contributed by atoms with Gasteiger partial charge in [0.2, 0.25) is 5.91 Å². The summed E-state index contributed by atoms with van der Waals surface area (Å²) < 4.78 is 0. The molecule has 1 fully saturated rings. The first kappa shape index (κ1) is 17.4. The smallest absolute Gasteiger partial charge is 0.227 e. The Balaban J connectivity index is 1.51. The topological polar surface area (TPSA) is 37.4 Å². The number of rotatable bonds is 6. The summed E-state index contributed by atoms with van der Waals surface area (Å²) in [5.74, 6) is 0.421. The Labute approximate surface area is 149 Å². The molecule has 0 radical (unpaired) electrons. The van der Waals surface area contributed by atoms with Crippen LogP contribution in [0.4, 0.5) is 0 Å². The molecule has 0 aliphatic carbocycles. The SMILES string of the molecule is O=C(CCc1ccccc1)[C@H]1CCCN(C(=O)Cc2ccccc2)C1. The van der Waals surface area contributed by atoms with Crippen LogP contribution in [0.25, 0.3) is 0 Å². The lowest BCUT2D eigenvalue weighted by Crippen LogP contribution is -2.43. The molecule has 2 aromatic rings. The maximum absolute atomic E-state index is 12.6. The molecule has 130 valence electrons. The van der Waals surface area contributed by atoms with E-state index < -0.39 is 0 Å². The summed E-state index contributed by atoms with van der Waals surface area (Å²) >= 11 is 0. The molecule has 3 heteroatoms. The van der Waals surface area contributed by atoms with Crippen molar-refractivity contribution in [3.63, 3.8) is 0 Å². The highest BCUT2D eigenvalue weighted by molar-refractivity contribution is 5.83. The molecule has 1 heterocycles. The van der Waals surface area contributed by atoms with Gasteiger partial charge in [0.1, 0.15) is 5.78 Å². The van der Waals surface area contributed by atoms with Gasteiger partial charge in [-0.15, -0.1) is 0 Å². The van der Waals surface area contributed by atoms with Gasteiger partial charge in [-0.25, -0.2) is 0 Å². The van der Waals surface area contributed by atoms with E-state index in [9.17, 15) is 9.59 Å². The van der Waals surface area contributed by atoms with Gasteiger partial charge in [-0.2, -0.15) is 0 Å². The predicted octanol–water partition coefficient (Wildman–Crippen LogP) is 3.67. The number of carbonyl (C=O) groups is 2. The van der Waals surface area contributed by atoms with Crippen LogP contribution in [0.15, 0.2) is 60.7 Å². The lowest BCUT2D eigenvalue weighted by molar-refractivity contribution is -0.134. The molecule has 0 N–H and O–H groups in total. The molecule has 1 aliphatic rings. The number of benzene rings is 2. The number of piperidine rings is 1. The Kier molecular flexibility index (Phi) is 5.99. The van der Waals surface area contributed by atoms with Crippen LogP contribution in [-0.4, -0.2) is 29.7 Å². The second-order valence-electron chi connectivity index (χ2n) is 6.79. The highest BCUT2D eigenvalue weighted by Gasteiger charge is 2.27. The van der Waals surface area contributed by atoms with E-state index in [0.29, 0.717) is 25.2 Å². The highest BCUT2D eigenvalue weighted by Crippen LogP contribution is 2.20. The van der Waals surface area contributed by atoms with Crippen molar-refractivity contribution in [3.8, 4) is 0 Å². The van der Waals surface area contributed by atoms with Crippen molar-refractivity contribution in [2.75, 3.05) is 13.1 Å². The number of ketones is 1. The largest absolute Gasteiger partial charge is 0.342 e. The summed E-state index contributed by atoms with van der Waals surface area (Å²) in [7, 11) is 0. The van der Waals surface area contributed by atoms with Gasteiger partial charge in [-0.05, 0) is 30.4 Å². The van der Waals surface area contributed by atoms with Crippen LogP contribution >= 0.6 is 0 Å². The van der Waals surface area contributed by atoms with E-state index in [1.54, 1.807) is 0 Å². The fourth-order valence-corrected chi connectivity index (χ4v) is 3.47. The van der Waals surface area contributed by atoms with Crippen molar-refractivity contribution >= 4 is 11.7 Å². The molecule has 0 saturated carbocycles. The van der Waals surface area contributed by atoms with E-state index >= 15 is 0 Å². The first-order chi connectivity index (χ1) is 12.2. The summed E-state index contributed by atoms with van der Waals surface area (Å²) in [6, 6.07) is 19.9. The van der Waals surface area contributed by atoms with Gasteiger partial charge in [0.05, 0.1) is 6.42 Å². The zero-order valence-corrected chi connectivity index (χ0v) is 14.6. The molecule has 1 saturated heterocycles. The molecule has 0 spiro atoms. The molecular formula is C22H25NO2. The van der Waals surface area contributed by atoms with Crippen LogP contribution in [0.2, 0.25) is 0 Å². The van der Waals surface area contributed by atoms with E-state index in [1.165, 1.54) is 5.56 Å². The van der Waals surface area contributed by atoms with Crippen molar-refractivity contribution in [2.45, 2.75) is 32.1 Å². The number of hydrogen-bond donors (Lipinski definition) is 0. The first-order valence-electron chi connectivity index (χ1n) is 9.11. The maximum Gasteiger partial charge on any atom is 0.227 e. The third kappa shape index (κ3) is 5.02. The summed E-state index contributed by atoms with van der Waals surface area (Å²) in [4.78, 5) is 27.0. The zero-order valence-electron chi connectivity index (χ0n) is 14.6. The first-order valence-corrected chi connectivity index (χ1v) is 9.11. The van der Waals surface area contributed by atoms with Gasteiger partial charge in [0.15, 0.2) is 0 Å². The van der Waals surface area contributed by atoms with Crippen molar-refractivity contribution in [1.82, 2.24) is 4.90 Å². The van der Waals surface area contributed by atoms with E-state index in [2.05, 4.69) is 12.1 Å². The second-order valence-corrected chi connectivity index (χ2v) is 6.79. The van der Waals surface area contributed by atoms with Crippen molar-refractivity contribution in [1.29, 1.82) is 0 Å². The van der Waals surface area contributed by atoms with Gasteiger partial charge in [0, 0.05) is 25.4 Å².